The van der Waals surface area contributed by atoms with Gasteiger partial charge in [0, 0.05) is 46.7 Å². The van der Waals surface area contributed by atoms with Crippen molar-refractivity contribution in [3.05, 3.63) is 11.8 Å². The van der Waals surface area contributed by atoms with E-state index in [2.05, 4.69) is 27.5 Å². The second-order valence-corrected chi connectivity index (χ2v) is 6.61. The van der Waals surface area contributed by atoms with E-state index in [0.717, 1.165) is 48.7 Å². The first-order valence-electron chi connectivity index (χ1n) is 6.88. The number of hydrogen-bond donors (Lipinski definition) is 2. The quantitative estimate of drug-likeness (QED) is 0.864. The minimum atomic E-state index is -0.618. The molecule has 0 atom stereocenters. The molecule has 1 saturated heterocycles. The molecule has 0 saturated carbocycles. The summed E-state index contributed by atoms with van der Waals surface area (Å²) in [5.74, 6) is 3.16. The summed E-state index contributed by atoms with van der Waals surface area (Å²) in [6, 6.07) is 0.380. The minimum absolute atomic E-state index is 0.380. The van der Waals surface area contributed by atoms with Crippen LogP contribution < -0.4 is 10.6 Å². The third-order valence-corrected chi connectivity index (χ3v) is 4.62. The molecule has 1 aromatic rings. The summed E-state index contributed by atoms with van der Waals surface area (Å²) >= 11 is 0. The van der Waals surface area contributed by atoms with Crippen molar-refractivity contribution in [3.63, 3.8) is 0 Å². The Balaban J connectivity index is 2.00. The van der Waals surface area contributed by atoms with E-state index in [0.29, 0.717) is 12.0 Å². The Bertz CT molecular complexity index is 442. The van der Waals surface area contributed by atoms with Gasteiger partial charge in [-0.15, -0.1) is 0 Å². The molecule has 1 aliphatic rings. The average molecular weight is 282 g/mol. The second kappa shape index (κ2) is 6.84. The zero-order valence-corrected chi connectivity index (χ0v) is 12.4. The molecule has 1 aromatic heterocycles. The first kappa shape index (κ1) is 14.2. The van der Waals surface area contributed by atoms with Gasteiger partial charge in [0.2, 0.25) is 5.95 Å². The van der Waals surface area contributed by atoms with Gasteiger partial charge >= 0.3 is 0 Å². The fourth-order valence-corrected chi connectivity index (χ4v) is 3.34. The number of anilines is 2. The number of aromatic nitrogens is 2. The van der Waals surface area contributed by atoms with E-state index in [1.54, 1.807) is 0 Å². The molecule has 2 rings (SSSR count). The van der Waals surface area contributed by atoms with Crippen LogP contribution in [0.2, 0.25) is 0 Å². The molecule has 106 valence electrons. The lowest BCUT2D eigenvalue weighted by Gasteiger charge is -2.24. The van der Waals surface area contributed by atoms with E-state index < -0.39 is 10.8 Å². The predicted molar refractivity (Wildman–Crippen MR) is 80.1 cm³/mol. The van der Waals surface area contributed by atoms with Gasteiger partial charge in [-0.3, -0.25) is 4.21 Å². The highest BCUT2D eigenvalue weighted by Crippen LogP contribution is 2.18. The lowest BCUT2D eigenvalue weighted by molar-refractivity contribution is 0.622. The molecule has 1 fully saturated rings. The van der Waals surface area contributed by atoms with Crippen LogP contribution in [-0.2, 0) is 10.8 Å². The van der Waals surface area contributed by atoms with Crippen molar-refractivity contribution < 1.29 is 4.21 Å². The van der Waals surface area contributed by atoms with Crippen molar-refractivity contribution in [1.29, 1.82) is 0 Å². The van der Waals surface area contributed by atoms with Crippen LogP contribution >= 0.6 is 0 Å². The van der Waals surface area contributed by atoms with Gasteiger partial charge in [-0.25, -0.2) is 4.98 Å². The molecule has 0 bridgehead atoms. The molecule has 6 heteroatoms. The Morgan fingerprint density at radius 1 is 1.42 bits per heavy atom. The van der Waals surface area contributed by atoms with Crippen LogP contribution in [0.5, 0.6) is 0 Å². The SMILES string of the molecule is CCCNc1ncc(C)c(NC2CCS(=O)CC2)n1. The summed E-state index contributed by atoms with van der Waals surface area (Å²) in [7, 11) is -0.618. The molecule has 2 heterocycles. The Morgan fingerprint density at radius 3 is 2.84 bits per heavy atom. The lowest BCUT2D eigenvalue weighted by atomic mass is 10.1. The Hall–Kier alpha value is -1.17. The Kier molecular flexibility index (Phi) is 5.13. The third kappa shape index (κ3) is 4.16. The summed E-state index contributed by atoms with van der Waals surface area (Å²) in [5.41, 5.74) is 1.05. The van der Waals surface area contributed by atoms with E-state index in [-0.39, 0.29) is 0 Å². The first-order valence-corrected chi connectivity index (χ1v) is 8.37. The molecule has 0 radical (unpaired) electrons. The summed E-state index contributed by atoms with van der Waals surface area (Å²) in [6.07, 6.45) is 4.80. The molecular formula is C13H22N4OS. The van der Waals surface area contributed by atoms with Crippen molar-refractivity contribution in [1.82, 2.24) is 9.97 Å². The van der Waals surface area contributed by atoms with E-state index in [9.17, 15) is 4.21 Å². The van der Waals surface area contributed by atoms with Crippen LogP contribution in [0.1, 0.15) is 31.7 Å². The molecule has 1 aliphatic heterocycles. The molecule has 2 N–H and O–H groups in total. The van der Waals surface area contributed by atoms with Gasteiger partial charge in [0.25, 0.3) is 0 Å². The van der Waals surface area contributed by atoms with Crippen molar-refractivity contribution in [3.8, 4) is 0 Å². The number of aryl methyl sites for hydroxylation is 1. The highest BCUT2D eigenvalue weighted by atomic mass is 32.2. The monoisotopic (exact) mass is 282 g/mol. The number of nitrogens with zero attached hydrogens (tertiary/aromatic N) is 2. The van der Waals surface area contributed by atoms with Gasteiger partial charge in [-0.2, -0.15) is 4.98 Å². The standard InChI is InChI=1S/C13H22N4OS/c1-3-6-14-13-15-9-10(2)12(17-13)16-11-4-7-19(18)8-5-11/h9,11H,3-8H2,1-2H3,(H2,14,15,16,17). The predicted octanol–water partition coefficient (Wildman–Crippen LogP) is 1.93. The third-order valence-electron chi connectivity index (χ3n) is 3.23. The lowest BCUT2D eigenvalue weighted by Crippen LogP contribution is -2.30. The molecule has 0 unspecified atom stereocenters. The number of rotatable bonds is 5. The topological polar surface area (TPSA) is 66.9 Å². The molecule has 0 amide bonds. The van der Waals surface area contributed by atoms with Crippen LogP contribution in [0.4, 0.5) is 11.8 Å². The van der Waals surface area contributed by atoms with Gasteiger partial charge in [-0.05, 0) is 26.2 Å². The van der Waals surface area contributed by atoms with Crippen molar-refractivity contribution in [2.24, 2.45) is 0 Å². The van der Waals surface area contributed by atoms with Crippen LogP contribution in [0.3, 0.4) is 0 Å². The number of hydrogen-bond acceptors (Lipinski definition) is 5. The zero-order valence-electron chi connectivity index (χ0n) is 11.6. The smallest absolute Gasteiger partial charge is 0.224 e. The second-order valence-electron chi connectivity index (χ2n) is 4.92. The Labute approximate surface area is 117 Å². The van der Waals surface area contributed by atoms with Gasteiger partial charge in [0.15, 0.2) is 0 Å². The summed E-state index contributed by atoms with van der Waals surface area (Å²) in [6.45, 7) is 5.00. The van der Waals surface area contributed by atoms with Crippen molar-refractivity contribution in [2.45, 2.75) is 39.2 Å². The molecular weight excluding hydrogens is 260 g/mol. The molecule has 0 spiro atoms. The first-order chi connectivity index (χ1) is 9.19. The number of nitrogens with one attached hydrogen (secondary N) is 2. The highest BCUT2D eigenvalue weighted by molar-refractivity contribution is 7.85. The van der Waals surface area contributed by atoms with E-state index in [4.69, 9.17) is 0 Å². The van der Waals surface area contributed by atoms with Crippen LogP contribution in [-0.4, -0.2) is 38.3 Å². The molecule has 5 nitrogen and oxygen atoms in total. The van der Waals surface area contributed by atoms with E-state index >= 15 is 0 Å². The van der Waals surface area contributed by atoms with Gasteiger partial charge < -0.3 is 10.6 Å². The Morgan fingerprint density at radius 2 is 2.16 bits per heavy atom. The maximum Gasteiger partial charge on any atom is 0.224 e. The molecule has 0 aromatic carbocycles. The minimum Gasteiger partial charge on any atom is -0.367 e. The fourth-order valence-electron chi connectivity index (χ4n) is 2.04. The zero-order chi connectivity index (χ0) is 13.7. The molecule has 19 heavy (non-hydrogen) atoms. The van der Waals surface area contributed by atoms with Crippen LogP contribution in [0, 0.1) is 6.92 Å². The van der Waals surface area contributed by atoms with Crippen molar-refractivity contribution in [2.75, 3.05) is 28.7 Å². The normalized spacial score (nSPS) is 23.1. The summed E-state index contributed by atoms with van der Waals surface area (Å²) in [5, 5.41) is 6.66. The van der Waals surface area contributed by atoms with Gasteiger partial charge in [0.05, 0.1) is 0 Å². The largest absolute Gasteiger partial charge is 0.367 e. The van der Waals surface area contributed by atoms with Crippen LogP contribution in [0.15, 0.2) is 6.20 Å². The van der Waals surface area contributed by atoms with E-state index in [1.807, 2.05) is 13.1 Å². The highest BCUT2D eigenvalue weighted by Gasteiger charge is 2.18. The summed E-state index contributed by atoms with van der Waals surface area (Å²) < 4.78 is 11.3. The van der Waals surface area contributed by atoms with Gasteiger partial charge in [-0.1, -0.05) is 6.92 Å². The van der Waals surface area contributed by atoms with Gasteiger partial charge in [0.1, 0.15) is 5.82 Å². The average Bonchev–Trinajstić information content (AvgIpc) is 2.42. The molecule has 0 aliphatic carbocycles. The maximum absolute atomic E-state index is 11.3. The van der Waals surface area contributed by atoms with E-state index in [1.165, 1.54) is 0 Å². The maximum atomic E-state index is 11.3. The summed E-state index contributed by atoms with van der Waals surface area (Å²) in [4.78, 5) is 8.78. The fraction of sp³-hybridized carbons (Fsp3) is 0.692. The van der Waals surface area contributed by atoms with Crippen LogP contribution in [0.25, 0.3) is 0 Å². The van der Waals surface area contributed by atoms with Crippen molar-refractivity contribution >= 4 is 22.6 Å².